The first kappa shape index (κ1) is 10.1. The monoisotopic (exact) mass is 211 g/mol. The van der Waals surface area contributed by atoms with Gasteiger partial charge in [-0.1, -0.05) is 0 Å². The van der Waals surface area contributed by atoms with Gasteiger partial charge in [-0.2, -0.15) is 5.26 Å². The molecule has 0 fully saturated rings. The van der Waals surface area contributed by atoms with E-state index in [1.54, 1.807) is 6.20 Å². The molecule has 0 saturated heterocycles. The molecule has 2 aromatic heterocycles. The fraction of sp³-hybridized carbons (Fsp3) is 0.0909. The smallest absolute Gasteiger partial charge is 0.180 e. The van der Waals surface area contributed by atoms with Crippen molar-refractivity contribution in [3.05, 3.63) is 35.7 Å². The van der Waals surface area contributed by atoms with Gasteiger partial charge in [0, 0.05) is 6.20 Å². The van der Waals surface area contributed by atoms with Gasteiger partial charge in [0.25, 0.3) is 0 Å². The number of pyridine rings is 1. The molecule has 0 radical (unpaired) electrons. The van der Waals surface area contributed by atoms with Crippen LogP contribution in [0.2, 0.25) is 0 Å². The number of nitrogen functional groups attached to an aromatic ring is 1. The summed E-state index contributed by atoms with van der Waals surface area (Å²) in [7, 11) is 0. The lowest BCUT2D eigenvalue weighted by atomic mass is 10.2. The van der Waals surface area contributed by atoms with Crippen LogP contribution in [0.15, 0.2) is 24.5 Å². The highest BCUT2D eigenvalue weighted by atomic mass is 15.0. The molecule has 0 atom stereocenters. The molecule has 0 unspecified atom stereocenters. The van der Waals surface area contributed by atoms with Crippen molar-refractivity contribution in [1.82, 2.24) is 15.0 Å². The normalized spacial score (nSPS) is 9.75. The Morgan fingerprint density at radius 3 is 2.81 bits per heavy atom. The Morgan fingerprint density at radius 1 is 1.38 bits per heavy atom. The van der Waals surface area contributed by atoms with E-state index in [9.17, 15) is 0 Å². The van der Waals surface area contributed by atoms with Crippen LogP contribution in [0.4, 0.5) is 5.82 Å². The highest BCUT2D eigenvalue weighted by Crippen LogP contribution is 2.15. The van der Waals surface area contributed by atoms with Gasteiger partial charge in [-0.05, 0) is 24.6 Å². The van der Waals surface area contributed by atoms with Crippen LogP contribution in [0.1, 0.15) is 11.1 Å². The Labute approximate surface area is 92.6 Å². The maximum Gasteiger partial charge on any atom is 0.180 e. The summed E-state index contributed by atoms with van der Waals surface area (Å²) in [6.07, 6.45) is 3.09. The Morgan fingerprint density at radius 2 is 2.19 bits per heavy atom. The van der Waals surface area contributed by atoms with Crippen LogP contribution in [0.5, 0.6) is 0 Å². The molecule has 78 valence electrons. The molecule has 5 heteroatoms. The van der Waals surface area contributed by atoms with E-state index in [1.807, 2.05) is 25.1 Å². The molecule has 0 bridgehead atoms. The second kappa shape index (κ2) is 3.95. The number of hydrogen-bond acceptors (Lipinski definition) is 5. The van der Waals surface area contributed by atoms with Crippen molar-refractivity contribution in [3.8, 4) is 17.6 Å². The van der Waals surface area contributed by atoms with E-state index < -0.39 is 0 Å². The minimum atomic E-state index is 0.177. The van der Waals surface area contributed by atoms with Gasteiger partial charge in [-0.25, -0.2) is 9.97 Å². The number of rotatable bonds is 1. The number of hydrogen-bond donors (Lipinski definition) is 1. The first-order chi connectivity index (χ1) is 7.70. The Kier molecular flexibility index (Phi) is 2.48. The first-order valence-electron chi connectivity index (χ1n) is 4.66. The molecule has 2 heterocycles. The van der Waals surface area contributed by atoms with Gasteiger partial charge in [0.1, 0.15) is 23.1 Å². The van der Waals surface area contributed by atoms with Crippen LogP contribution in [-0.2, 0) is 0 Å². The summed E-state index contributed by atoms with van der Waals surface area (Å²) >= 11 is 0. The minimum absolute atomic E-state index is 0.177. The lowest BCUT2D eigenvalue weighted by Gasteiger charge is -2.01. The van der Waals surface area contributed by atoms with Gasteiger partial charge in [-0.3, -0.25) is 4.98 Å². The maximum absolute atomic E-state index is 8.70. The molecular formula is C11H9N5. The molecule has 0 aliphatic carbocycles. The SMILES string of the molecule is Cc1ccnc(-c2ncc(C#N)c(N)n2)c1. The van der Waals surface area contributed by atoms with Gasteiger partial charge in [0.2, 0.25) is 0 Å². The zero-order valence-corrected chi connectivity index (χ0v) is 8.68. The zero-order chi connectivity index (χ0) is 11.5. The second-order valence-corrected chi connectivity index (χ2v) is 3.32. The van der Waals surface area contributed by atoms with E-state index in [0.29, 0.717) is 11.5 Å². The summed E-state index contributed by atoms with van der Waals surface area (Å²) in [4.78, 5) is 12.2. The molecule has 0 spiro atoms. The number of nitriles is 1. The Bertz CT molecular complexity index is 571. The minimum Gasteiger partial charge on any atom is -0.382 e. The van der Waals surface area contributed by atoms with Crippen LogP contribution >= 0.6 is 0 Å². The molecule has 2 aromatic rings. The molecule has 0 aliphatic rings. The predicted molar refractivity (Wildman–Crippen MR) is 59.1 cm³/mol. The summed E-state index contributed by atoms with van der Waals surface area (Å²) in [5, 5.41) is 8.70. The number of nitrogens with two attached hydrogens (primary N) is 1. The molecule has 0 amide bonds. The Balaban J connectivity index is 2.50. The fourth-order valence-corrected chi connectivity index (χ4v) is 1.26. The van der Waals surface area contributed by atoms with Gasteiger partial charge in [0.05, 0.1) is 6.20 Å². The average molecular weight is 211 g/mol. The van der Waals surface area contributed by atoms with Gasteiger partial charge in [-0.15, -0.1) is 0 Å². The van der Waals surface area contributed by atoms with Crippen LogP contribution in [-0.4, -0.2) is 15.0 Å². The highest BCUT2D eigenvalue weighted by Gasteiger charge is 2.06. The van der Waals surface area contributed by atoms with Crippen molar-refractivity contribution in [2.75, 3.05) is 5.73 Å². The van der Waals surface area contributed by atoms with Crippen LogP contribution in [0.25, 0.3) is 11.5 Å². The van der Waals surface area contributed by atoms with Crippen molar-refractivity contribution >= 4 is 5.82 Å². The second-order valence-electron chi connectivity index (χ2n) is 3.32. The lowest BCUT2D eigenvalue weighted by Crippen LogP contribution is -2.00. The van der Waals surface area contributed by atoms with E-state index in [-0.39, 0.29) is 11.4 Å². The molecular weight excluding hydrogens is 202 g/mol. The fourth-order valence-electron chi connectivity index (χ4n) is 1.26. The quantitative estimate of drug-likeness (QED) is 0.768. The van der Waals surface area contributed by atoms with E-state index in [4.69, 9.17) is 11.0 Å². The number of aromatic nitrogens is 3. The van der Waals surface area contributed by atoms with Crippen molar-refractivity contribution < 1.29 is 0 Å². The Hall–Kier alpha value is -2.48. The molecule has 2 rings (SSSR count). The summed E-state index contributed by atoms with van der Waals surface area (Å²) in [6, 6.07) is 5.66. The van der Waals surface area contributed by atoms with Crippen molar-refractivity contribution in [1.29, 1.82) is 5.26 Å². The van der Waals surface area contributed by atoms with E-state index in [2.05, 4.69) is 15.0 Å². The average Bonchev–Trinajstić information content (AvgIpc) is 2.29. The van der Waals surface area contributed by atoms with Crippen LogP contribution in [0, 0.1) is 18.3 Å². The third kappa shape index (κ3) is 1.81. The molecule has 0 aliphatic heterocycles. The van der Waals surface area contributed by atoms with Crippen molar-refractivity contribution in [2.24, 2.45) is 0 Å². The van der Waals surface area contributed by atoms with Gasteiger partial charge < -0.3 is 5.73 Å². The van der Waals surface area contributed by atoms with Gasteiger partial charge >= 0.3 is 0 Å². The van der Waals surface area contributed by atoms with Gasteiger partial charge in [0.15, 0.2) is 5.82 Å². The van der Waals surface area contributed by atoms with Crippen molar-refractivity contribution in [3.63, 3.8) is 0 Å². The van der Waals surface area contributed by atoms with E-state index >= 15 is 0 Å². The third-order valence-electron chi connectivity index (χ3n) is 2.08. The van der Waals surface area contributed by atoms with Crippen LogP contribution < -0.4 is 5.73 Å². The lowest BCUT2D eigenvalue weighted by molar-refractivity contribution is 1.13. The highest BCUT2D eigenvalue weighted by molar-refractivity contribution is 5.56. The topological polar surface area (TPSA) is 88.5 Å². The summed E-state index contributed by atoms with van der Waals surface area (Å²) in [6.45, 7) is 1.96. The van der Waals surface area contributed by atoms with E-state index in [0.717, 1.165) is 5.56 Å². The molecule has 16 heavy (non-hydrogen) atoms. The summed E-state index contributed by atoms with van der Waals surface area (Å²) < 4.78 is 0. The summed E-state index contributed by atoms with van der Waals surface area (Å²) in [5.74, 6) is 0.607. The molecule has 5 nitrogen and oxygen atoms in total. The molecule has 0 aromatic carbocycles. The summed E-state index contributed by atoms with van der Waals surface area (Å²) in [5.41, 5.74) is 7.60. The zero-order valence-electron chi connectivity index (χ0n) is 8.68. The van der Waals surface area contributed by atoms with Crippen molar-refractivity contribution in [2.45, 2.75) is 6.92 Å². The number of aryl methyl sites for hydroxylation is 1. The third-order valence-corrected chi connectivity index (χ3v) is 2.08. The predicted octanol–water partition coefficient (Wildman–Crippen LogP) is 1.30. The maximum atomic E-state index is 8.70. The number of anilines is 1. The first-order valence-corrected chi connectivity index (χ1v) is 4.66. The standard InChI is InChI=1S/C11H9N5/c1-7-2-3-14-9(4-7)11-15-6-8(5-12)10(13)16-11/h2-4,6H,1H3,(H2,13,15,16). The van der Waals surface area contributed by atoms with Crippen LogP contribution in [0.3, 0.4) is 0 Å². The molecule has 0 saturated carbocycles. The number of nitrogens with zero attached hydrogens (tertiary/aromatic N) is 4. The van der Waals surface area contributed by atoms with E-state index in [1.165, 1.54) is 6.20 Å². The largest absolute Gasteiger partial charge is 0.382 e. The molecule has 2 N–H and O–H groups in total.